The maximum atomic E-state index is 4.93. The Hall–Kier alpha value is -5.19. The molecule has 1 aliphatic heterocycles. The maximum Gasteiger partial charge on any atom is 0.198 e. The molecule has 0 spiro atoms. The molecule has 1 N–H and O–H groups in total. The lowest BCUT2D eigenvalue weighted by Gasteiger charge is -2.38. The van der Waals surface area contributed by atoms with E-state index in [1.54, 1.807) is 0 Å². The van der Waals surface area contributed by atoms with Crippen LogP contribution in [0.4, 0.5) is 0 Å². The molecule has 0 bridgehead atoms. The van der Waals surface area contributed by atoms with Gasteiger partial charge in [0, 0.05) is 27.4 Å². The Bertz CT molecular complexity index is 2060. The second-order valence-electron chi connectivity index (χ2n) is 11.5. The summed E-state index contributed by atoms with van der Waals surface area (Å²) in [4.78, 5) is 4.93. The largest absolute Gasteiger partial charge is 0.347 e. The van der Waals surface area contributed by atoms with Gasteiger partial charge in [0.1, 0.15) is 5.84 Å². The molecular weight excluding hydrogens is 551 g/mol. The smallest absolute Gasteiger partial charge is 0.198 e. The summed E-state index contributed by atoms with van der Waals surface area (Å²) in [5.74, 6) is 0.932. The topological polar surface area (TPSA) is 29.3 Å². The van der Waals surface area contributed by atoms with Crippen LogP contribution in [0.3, 0.4) is 0 Å². The van der Waals surface area contributed by atoms with Gasteiger partial charge in [-0.15, -0.1) is 0 Å². The molecule has 0 fully saturated rings. The van der Waals surface area contributed by atoms with Crippen molar-refractivity contribution in [2.75, 3.05) is 6.54 Å². The first-order valence-electron chi connectivity index (χ1n) is 15.4. The van der Waals surface area contributed by atoms with Crippen molar-refractivity contribution < 1.29 is 0 Å². The van der Waals surface area contributed by atoms with Crippen molar-refractivity contribution in [2.24, 2.45) is 4.99 Å². The lowest BCUT2D eigenvalue weighted by molar-refractivity contribution is 0.979. The van der Waals surface area contributed by atoms with Gasteiger partial charge in [-0.2, -0.15) is 0 Å². The van der Waals surface area contributed by atoms with E-state index in [-0.39, 0.29) is 0 Å². The van der Waals surface area contributed by atoms with Crippen LogP contribution in [0.5, 0.6) is 0 Å². The van der Waals surface area contributed by atoms with E-state index in [2.05, 4.69) is 168 Å². The summed E-state index contributed by atoms with van der Waals surface area (Å²) < 4.78 is 2.48. The predicted octanol–water partition coefficient (Wildman–Crippen LogP) is 6.93. The number of amidine groups is 1. The molecule has 44 heavy (non-hydrogen) atoms. The minimum atomic E-state index is -2.80. The normalized spacial score (nSPS) is 15.0. The zero-order valence-corrected chi connectivity index (χ0v) is 25.5. The third kappa shape index (κ3) is 4.30. The maximum absolute atomic E-state index is 4.93. The van der Waals surface area contributed by atoms with E-state index in [0.717, 1.165) is 24.2 Å². The molecule has 1 aliphatic carbocycles. The lowest BCUT2D eigenvalue weighted by atomic mass is 10.1. The van der Waals surface area contributed by atoms with E-state index in [9.17, 15) is 0 Å². The SMILES string of the molecule is C1=CCCC(n2c3ccccc3c3cc([Si](C4=CCN=C(c5ccccc5)N4)(c4ccccc4)c4ccccc4)ccc32)=C1. The van der Waals surface area contributed by atoms with Crippen molar-refractivity contribution in [3.05, 3.63) is 169 Å². The number of aliphatic imine (C=N–C) groups is 1. The van der Waals surface area contributed by atoms with E-state index in [0.29, 0.717) is 6.54 Å². The minimum absolute atomic E-state index is 0.643. The summed E-state index contributed by atoms with van der Waals surface area (Å²) in [6.45, 7) is 0.643. The molecule has 4 heteroatoms. The first kappa shape index (κ1) is 26.4. The molecule has 0 saturated carbocycles. The van der Waals surface area contributed by atoms with E-state index in [1.807, 2.05) is 0 Å². The molecule has 0 saturated heterocycles. The third-order valence-corrected chi connectivity index (χ3v) is 13.8. The van der Waals surface area contributed by atoms with E-state index < -0.39 is 8.07 Å². The Morgan fingerprint density at radius 2 is 1.30 bits per heavy atom. The third-order valence-electron chi connectivity index (χ3n) is 9.05. The number of nitrogens with one attached hydrogen (secondary N) is 1. The van der Waals surface area contributed by atoms with Crippen LogP contribution < -0.4 is 20.9 Å². The Morgan fingerprint density at radius 1 is 0.636 bits per heavy atom. The average molecular weight is 584 g/mol. The van der Waals surface area contributed by atoms with Crippen LogP contribution in [-0.4, -0.2) is 25.0 Å². The monoisotopic (exact) mass is 583 g/mol. The van der Waals surface area contributed by atoms with Crippen molar-refractivity contribution in [1.82, 2.24) is 9.88 Å². The Balaban J connectivity index is 1.41. The fourth-order valence-electron chi connectivity index (χ4n) is 7.09. The summed E-state index contributed by atoms with van der Waals surface area (Å²) in [7, 11) is -2.80. The summed E-state index contributed by atoms with van der Waals surface area (Å²) in [5, 5.41) is 11.8. The van der Waals surface area contributed by atoms with Gasteiger partial charge in [-0.1, -0.05) is 133 Å². The van der Waals surface area contributed by atoms with Crippen LogP contribution in [0.25, 0.3) is 27.5 Å². The lowest BCUT2D eigenvalue weighted by Crippen LogP contribution is -2.71. The van der Waals surface area contributed by atoms with Gasteiger partial charge < -0.3 is 9.88 Å². The van der Waals surface area contributed by atoms with Crippen molar-refractivity contribution >= 4 is 57.0 Å². The van der Waals surface area contributed by atoms with Gasteiger partial charge in [-0.3, -0.25) is 4.99 Å². The summed E-state index contributed by atoms with van der Waals surface area (Å²) >= 11 is 0. The van der Waals surface area contributed by atoms with Gasteiger partial charge in [0.2, 0.25) is 0 Å². The Morgan fingerprint density at radius 3 is 2.00 bits per heavy atom. The summed E-state index contributed by atoms with van der Waals surface area (Å²) in [6, 6.07) is 48.9. The number of fused-ring (bicyclic) bond motifs is 3. The van der Waals surface area contributed by atoms with Crippen molar-refractivity contribution in [1.29, 1.82) is 0 Å². The first-order valence-corrected chi connectivity index (χ1v) is 17.4. The number of allylic oxidation sites excluding steroid dienone is 4. The molecule has 5 aromatic carbocycles. The van der Waals surface area contributed by atoms with Crippen molar-refractivity contribution in [2.45, 2.75) is 12.8 Å². The molecule has 0 amide bonds. The highest BCUT2D eigenvalue weighted by Gasteiger charge is 2.44. The fourth-order valence-corrected chi connectivity index (χ4v) is 11.8. The fraction of sp³-hybridized carbons (Fsp3) is 0.0750. The van der Waals surface area contributed by atoms with Gasteiger partial charge in [-0.25, -0.2) is 0 Å². The van der Waals surface area contributed by atoms with Gasteiger partial charge in [0.15, 0.2) is 8.07 Å². The van der Waals surface area contributed by atoms with Gasteiger partial charge in [0.25, 0.3) is 0 Å². The highest BCUT2D eigenvalue weighted by molar-refractivity contribution is 7.16. The molecule has 0 radical (unpaired) electrons. The standard InChI is InChI=1S/C40H33N3Si/c1-5-15-30(16-6-1)40-41-28-27-39(42-40)44(32-19-9-3-10-20-32,33-21-11-4-12-22-33)34-25-26-38-36(29-34)35-23-13-14-24-37(35)43(38)31-17-7-2-8-18-31/h1-7,9-17,19-27,29H,8,18,28H2,(H,41,42). The highest BCUT2D eigenvalue weighted by atomic mass is 28.3. The molecule has 0 atom stereocenters. The van der Waals surface area contributed by atoms with E-state index in [1.165, 1.54) is 48.4 Å². The van der Waals surface area contributed by atoms with E-state index in [4.69, 9.17) is 4.99 Å². The predicted molar refractivity (Wildman–Crippen MR) is 189 cm³/mol. The molecule has 0 unspecified atom stereocenters. The Labute approximate surface area is 259 Å². The average Bonchev–Trinajstić information content (AvgIpc) is 3.44. The Kier molecular flexibility index (Phi) is 6.69. The number of hydrogen-bond donors (Lipinski definition) is 1. The minimum Gasteiger partial charge on any atom is -0.347 e. The first-order chi connectivity index (χ1) is 21.8. The number of benzene rings is 5. The van der Waals surface area contributed by atoms with Crippen molar-refractivity contribution in [3.63, 3.8) is 0 Å². The molecule has 3 nitrogen and oxygen atoms in total. The highest BCUT2D eigenvalue weighted by Crippen LogP contribution is 2.34. The molecule has 6 aromatic rings. The number of hydrogen-bond acceptors (Lipinski definition) is 2. The molecule has 2 aliphatic rings. The molecular formula is C40H33N3Si. The van der Waals surface area contributed by atoms with Crippen LogP contribution in [0.15, 0.2) is 168 Å². The number of nitrogens with zero attached hydrogens (tertiary/aromatic N) is 2. The zero-order chi connectivity index (χ0) is 29.3. The van der Waals surface area contributed by atoms with Crippen molar-refractivity contribution in [3.8, 4) is 0 Å². The number of aromatic nitrogens is 1. The van der Waals surface area contributed by atoms with Gasteiger partial charge >= 0.3 is 0 Å². The second kappa shape index (κ2) is 11.1. The van der Waals surface area contributed by atoms with E-state index >= 15 is 0 Å². The molecule has 212 valence electrons. The quantitative estimate of drug-likeness (QED) is 0.167. The zero-order valence-electron chi connectivity index (χ0n) is 24.5. The van der Waals surface area contributed by atoms with Crippen LogP contribution in [0.2, 0.25) is 0 Å². The van der Waals surface area contributed by atoms with Crippen LogP contribution in [-0.2, 0) is 0 Å². The summed E-state index contributed by atoms with van der Waals surface area (Å²) in [5.41, 5.74) is 4.98. The number of rotatable bonds is 6. The molecule has 2 heterocycles. The van der Waals surface area contributed by atoms with Crippen LogP contribution in [0, 0.1) is 0 Å². The molecule has 1 aromatic heterocycles. The van der Waals surface area contributed by atoms with Gasteiger partial charge in [-0.05, 0) is 52.7 Å². The summed E-state index contributed by atoms with van der Waals surface area (Å²) in [6.07, 6.45) is 11.2. The molecule has 8 rings (SSSR count). The second-order valence-corrected chi connectivity index (χ2v) is 15.3. The van der Waals surface area contributed by atoms with Crippen LogP contribution >= 0.6 is 0 Å². The van der Waals surface area contributed by atoms with Gasteiger partial charge in [0.05, 0.1) is 17.6 Å². The van der Waals surface area contributed by atoms with Crippen LogP contribution in [0.1, 0.15) is 18.4 Å². The number of para-hydroxylation sites is 1.